The fraction of sp³-hybridized carbons (Fsp3) is 0.344. The van der Waals surface area contributed by atoms with Crippen LogP contribution >= 0.6 is 0 Å². The summed E-state index contributed by atoms with van der Waals surface area (Å²) < 4.78 is 18.9. The van der Waals surface area contributed by atoms with Gasteiger partial charge < -0.3 is 14.2 Å². The van der Waals surface area contributed by atoms with E-state index in [2.05, 4.69) is 31.9 Å². The molecule has 0 saturated carbocycles. The van der Waals surface area contributed by atoms with E-state index < -0.39 is 0 Å². The molecule has 0 bridgehead atoms. The number of benzene rings is 3. The highest BCUT2D eigenvalue weighted by Gasteiger charge is 2.18. The van der Waals surface area contributed by atoms with E-state index in [-0.39, 0.29) is 17.6 Å². The first-order valence-electron chi connectivity index (χ1n) is 13.5. The second kappa shape index (κ2) is 12.2. The number of ether oxygens (including phenoxy) is 3. The minimum absolute atomic E-state index is 0.0667. The molecule has 7 heteroatoms. The molecule has 7 nitrogen and oxygen atoms in total. The van der Waals surface area contributed by atoms with Gasteiger partial charge in [-0.15, -0.1) is 0 Å². The summed E-state index contributed by atoms with van der Waals surface area (Å²) in [5.41, 5.74) is 3.95. The van der Waals surface area contributed by atoms with Crippen molar-refractivity contribution in [3.8, 4) is 28.6 Å². The largest absolute Gasteiger partial charge is 0.496 e. The third-order valence-corrected chi connectivity index (χ3v) is 6.69. The van der Waals surface area contributed by atoms with Crippen molar-refractivity contribution in [3.63, 3.8) is 0 Å². The van der Waals surface area contributed by atoms with E-state index in [0.717, 1.165) is 34.4 Å². The fourth-order valence-electron chi connectivity index (χ4n) is 4.37. The summed E-state index contributed by atoms with van der Waals surface area (Å²) in [5, 5.41) is 5.16. The molecule has 3 aromatic carbocycles. The summed E-state index contributed by atoms with van der Waals surface area (Å²) in [6.45, 7) is 12.8. The third kappa shape index (κ3) is 5.98. The van der Waals surface area contributed by atoms with Crippen LogP contribution in [0.3, 0.4) is 0 Å². The van der Waals surface area contributed by atoms with Crippen molar-refractivity contribution in [2.24, 2.45) is 5.10 Å². The minimum atomic E-state index is -0.241. The lowest BCUT2D eigenvalue weighted by Crippen LogP contribution is -2.20. The van der Waals surface area contributed by atoms with Crippen LogP contribution in [0.25, 0.3) is 22.3 Å². The molecule has 0 aliphatic carbocycles. The molecule has 1 atom stereocenters. The summed E-state index contributed by atoms with van der Waals surface area (Å²) in [4.78, 5) is 18.6. The van der Waals surface area contributed by atoms with Crippen molar-refractivity contribution in [2.45, 2.75) is 60.0 Å². The lowest BCUT2D eigenvalue weighted by Gasteiger charge is -2.17. The zero-order chi connectivity index (χ0) is 28.1. The van der Waals surface area contributed by atoms with E-state index in [4.69, 9.17) is 19.2 Å². The normalized spacial score (nSPS) is 12.3. The molecule has 0 N–H and O–H groups in total. The van der Waals surface area contributed by atoms with Crippen LogP contribution in [0.1, 0.15) is 63.6 Å². The zero-order valence-corrected chi connectivity index (χ0v) is 23.8. The molecule has 0 unspecified atom stereocenters. The predicted molar refractivity (Wildman–Crippen MR) is 158 cm³/mol. The van der Waals surface area contributed by atoms with Crippen molar-refractivity contribution >= 4 is 17.1 Å². The Morgan fingerprint density at radius 1 is 1.00 bits per heavy atom. The van der Waals surface area contributed by atoms with Gasteiger partial charge in [0.2, 0.25) is 0 Å². The Bertz CT molecular complexity index is 1560. The number of para-hydroxylation sites is 1. The number of methoxy groups -OCH3 is 1. The minimum Gasteiger partial charge on any atom is -0.496 e. The predicted octanol–water partition coefficient (Wildman–Crippen LogP) is 6.96. The second-order valence-electron chi connectivity index (χ2n) is 9.85. The molecule has 1 heterocycles. The molecule has 0 fully saturated rings. The molecular weight excluding hydrogens is 490 g/mol. The number of nitrogens with zero attached hydrogens (tertiary/aromatic N) is 3. The molecule has 204 valence electrons. The maximum Gasteiger partial charge on any atom is 0.282 e. The summed E-state index contributed by atoms with van der Waals surface area (Å²) in [5.74, 6) is 2.82. The Balaban J connectivity index is 1.88. The number of hydrogen-bond donors (Lipinski definition) is 0. The zero-order valence-electron chi connectivity index (χ0n) is 23.8. The van der Waals surface area contributed by atoms with E-state index in [9.17, 15) is 4.79 Å². The molecule has 0 radical (unpaired) electrons. The molecule has 0 amide bonds. The standard InChI is InChI=1S/C32H37N3O4/c1-8-22(6)39-28-15-14-23(17-30(28)38-9-2)19-33-35-31(34-27-13-11-10-12-24(27)32(35)36)26-18-25(20(3)4)29(37-7)16-21(26)5/h10-20,22H,8-9H2,1-7H3/t22-/m0/s1. The van der Waals surface area contributed by atoms with Crippen LogP contribution in [0.5, 0.6) is 17.2 Å². The van der Waals surface area contributed by atoms with Crippen molar-refractivity contribution in [3.05, 3.63) is 81.6 Å². The second-order valence-corrected chi connectivity index (χ2v) is 9.85. The lowest BCUT2D eigenvalue weighted by molar-refractivity contribution is 0.203. The Morgan fingerprint density at radius 3 is 2.46 bits per heavy atom. The Kier molecular flexibility index (Phi) is 8.69. The van der Waals surface area contributed by atoms with Crippen LogP contribution in [0.2, 0.25) is 0 Å². The van der Waals surface area contributed by atoms with Crippen molar-refractivity contribution in [2.75, 3.05) is 13.7 Å². The van der Waals surface area contributed by atoms with Gasteiger partial charge in [0.25, 0.3) is 5.56 Å². The van der Waals surface area contributed by atoms with Gasteiger partial charge in [0.15, 0.2) is 17.3 Å². The molecule has 0 saturated heterocycles. The number of fused-ring (bicyclic) bond motifs is 1. The van der Waals surface area contributed by atoms with Crippen LogP contribution in [0.15, 0.2) is 64.5 Å². The highest BCUT2D eigenvalue weighted by Crippen LogP contribution is 2.34. The monoisotopic (exact) mass is 527 g/mol. The van der Waals surface area contributed by atoms with Crippen molar-refractivity contribution in [1.29, 1.82) is 0 Å². The summed E-state index contributed by atoms with van der Waals surface area (Å²) >= 11 is 0. The first-order valence-corrected chi connectivity index (χ1v) is 13.5. The van der Waals surface area contributed by atoms with Crippen LogP contribution in [0.4, 0.5) is 0 Å². The Labute approximate surface area is 230 Å². The molecule has 4 rings (SSSR count). The van der Waals surface area contributed by atoms with Gasteiger partial charge in [-0.2, -0.15) is 9.78 Å². The van der Waals surface area contributed by atoms with Gasteiger partial charge >= 0.3 is 0 Å². The molecule has 1 aromatic heterocycles. The van der Waals surface area contributed by atoms with Crippen LogP contribution < -0.4 is 19.8 Å². The van der Waals surface area contributed by atoms with Crippen LogP contribution in [-0.2, 0) is 0 Å². The fourth-order valence-corrected chi connectivity index (χ4v) is 4.37. The summed E-state index contributed by atoms with van der Waals surface area (Å²) in [6, 6.07) is 17.0. The summed E-state index contributed by atoms with van der Waals surface area (Å²) in [7, 11) is 1.67. The topological polar surface area (TPSA) is 74.9 Å². The maximum absolute atomic E-state index is 13.7. The average molecular weight is 528 g/mol. The van der Waals surface area contributed by atoms with E-state index >= 15 is 0 Å². The molecule has 4 aromatic rings. The van der Waals surface area contributed by atoms with Gasteiger partial charge in [-0.05, 0) is 92.3 Å². The highest BCUT2D eigenvalue weighted by atomic mass is 16.5. The third-order valence-electron chi connectivity index (χ3n) is 6.69. The van der Waals surface area contributed by atoms with Gasteiger partial charge in [-0.25, -0.2) is 4.98 Å². The molecule has 0 aliphatic heterocycles. The first-order chi connectivity index (χ1) is 18.8. The van der Waals surface area contributed by atoms with Gasteiger partial charge in [0, 0.05) is 5.56 Å². The van der Waals surface area contributed by atoms with Gasteiger partial charge in [0.05, 0.1) is 36.9 Å². The van der Waals surface area contributed by atoms with E-state index in [1.54, 1.807) is 19.4 Å². The smallest absolute Gasteiger partial charge is 0.282 e. The summed E-state index contributed by atoms with van der Waals surface area (Å²) in [6.07, 6.45) is 2.61. The van der Waals surface area contributed by atoms with Crippen molar-refractivity contribution < 1.29 is 14.2 Å². The number of rotatable bonds is 10. The number of hydrogen-bond acceptors (Lipinski definition) is 6. The number of aromatic nitrogens is 2. The molecular formula is C32H37N3O4. The molecule has 0 spiro atoms. The molecule has 0 aliphatic rings. The van der Waals surface area contributed by atoms with Gasteiger partial charge in [-0.1, -0.05) is 32.9 Å². The SMILES string of the molecule is CCOc1cc(C=Nn2c(-c3cc(C(C)C)c(OC)cc3C)nc3ccccc3c2=O)ccc1O[C@@H](C)CC. The first kappa shape index (κ1) is 27.9. The number of aryl methyl sites for hydroxylation is 1. The van der Waals surface area contributed by atoms with Gasteiger partial charge in [0.1, 0.15) is 5.75 Å². The van der Waals surface area contributed by atoms with Crippen LogP contribution in [-0.4, -0.2) is 35.7 Å². The maximum atomic E-state index is 13.7. The van der Waals surface area contributed by atoms with E-state index in [0.29, 0.717) is 34.8 Å². The Morgan fingerprint density at radius 2 is 1.77 bits per heavy atom. The highest BCUT2D eigenvalue weighted by molar-refractivity contribution is 5.83. The molecule has 39 heavy (non-hydrogen) atoms. The van der Waals surface area contributed by atoms with E-state index in [1.807, 2.05) is 63.2 Å². The van der Waals surface area contributed by atoms with Crippen LogP contribution in [0, 0.1) is 6.92 Å². The quantitative estimate of drug-likeness (QED) is 0.208. The van der Waals surface area contributed by atoms with E-state index in [1.165, 1.54) is 4.68 Å². The van der Waals surface area contributed by atoms with Gasteiger partial charge in [-0.3, -0.25) is 4.79 Å². The lowest BCUT2D eigenvalue weighted by atomic mass is 9.96. The average Bonchev–Trinajstić information content (AvgIpc) is 2.93. The van der Waals surface area contributed by atoms with Crippen molar-refractivity contribution in [1.82, 2.24) is 9.66 Å². The Hall–Kier alpha value is -4.13.